The van der Waals surface area contributed by atoms with Crippen LogP contribution in [0.1, 0.15) is 64.2 Å². The van der Waals surface area contributed by atoms with E-state index < -0.39 is 0 Å². The summed E-state index contributed by atoms with van der Waals surface area (Å²) in [5, 5.41) is 0. The third kappa shape index (κ3) is 21.1. The minimum absolute atomic E-state index is 0. The summed E-state index contributed by atoms with van der Waals surface area (Å²) in [4.78, 5) is 0. The molecule has 2 aliphatic rings. The molecule has 0 atom stereocenters. The summed E-state index contributed by atoms with van der Waals surface area (Å²) in [6, 6.07) is 0. The molecule has 0 heterocycles. The molecule has 0 spiro atoms. The van der Waals surface area contributed by atoms with Crippen molar-refractivity contribution >= 4 is 19.7 Å². The Hall–Kier alpha value is 1.16. The molecule has 0 N–H and O–H groups in total. The Morgan fingerprint density at radius 1 is 0.467 bits per heavy atom. The molecule has 95 valence electrons. The van der Waals surface area contributed by atoms with Crippen molar-refractivity contribution in [3.8, 4) is 0 Å². The predicted molar refractivity (Wildman–Crippen MR) is 70.7 cm³/mol. The summed E-state index contributed by atoms with van der Waals surface area (Å²) in [7, 11) is 9.72. The van der Waals surface area contributed by atoms with Crippen molar-refractivity contribution in [2.45, 2.75) is 64.2 Å². The van der Waals surface area contributed by atoms with E-state index in [-0.39, 0.29) is 29.2 Å². The molecule has 3 heteroatoms. The van der Waals surface area contributed by atoms with Crippen LogP contribution in [0.3, 0.4) is 0 Å². The van der Waals surface area contributed by atoms with Crippen LogP contribution in [0.25, 0.3) is 0 Å². The molecule has 2 fully saturated rings. The Kier molecular flexibility index (Phi) is 29.4. The normalized spacial score (nSPS) is 16.9. The Morgan fingerprint density at radius 3 is 0.600 bits per heavy atom. The van der Waals surface area contributed by atoms with Crippen LogP contribution in [-0.4, -0.2) is 0 Å². The van der Waals surface area contributed by atoms with Gasteiger partial charge in [0.05, 0.1) is 0 Å². The number of rotatable bonds is 0. The van der Waals surface area contributed by atoms with Crippen molar-refractivity contribution in [3.63, 3.8) is 0 Å². The van der Waals surface area contributed by atoms with E-state index in [0.717, 1.165) is 0 Å². The van der Waals surface area contributed by atoms with Gasteiger partial charge in [-0.25, -0.2) is 0 Å². The van der Waals surface area contributed by atoms with Gasteiger partial charge in [-0.2, -0.15) is 0 Å². The van der Waals surface area contributed by atoms with E-state index >= 15 is 0 Å². The molecule has 0 saturated heterocycles. The fourth-order valence-electron chi connectivity index (χ4n) is 1.77. The van der Waals surface area contributed by atoms with E-state index in [1.807, 2.05) is 0 Å². The van der Waals surface area contributed by atoms with Crippen LogP contribution in [-0.2, 0) is 14.4 Å². The molecule has 0 aromatic rings. The van der Waals surface area contributed by atoms with E-state index in [1.165, 1.54) is 64.2 Å². The second kappa shape index (κ2) is 20.6. The molecule has 2 saturated carbocycles. The predicted octanol–water partition coefficient (Wildman–Crippen LogP) is 6.18. The van der Waals surface area contributed by atoms with Crippen LogP contribution in [0.15, 0.2) is 0 Å². The van der Waals surface area contributed by atoms with E-state index in [0.29, 0.717) is 0 Å². The van der Waals surface area contributed by atoms with Gasteiger partial charge in [0, 0.05) is 0 Å². The van der Waals surface area contributed by atoms with Gasteiger partial charge < -0.3 is 14.9 Å². The maximum atomic E-state index is 4.86. The maximum absolute atomic E-state index is 4.86. The summed E-state index contributed by atoms with van der Waals surface area (Å²) in [5.74, 6) is 0. The number of hydrogen-bond donors (Lipinski definition) is 0. The molecule has 0 radical (unpaired) electrons. The summed E-state index contributed by atoms with van der Waals surface area (Å²) < 4.78 is 0. The Labute approximate surface area is 113 Å². The zero-order valence-corrected chi connectivity index (χ0v) is 13.2. The first-order valence-corrected chi connectivity index (χ1v) is 9.18. The molecule has 0 aliphatic heterocycles. The third-order valence-electron chi connectivity index (χ3n) is 2.50. The van der Waals surface area contributed by atoms with Crippen LogP contribution in [0, 0.1) is 14.9 Å². The zero-order chi connectivity index (χ0) is 9.78. The fraction of sp³-hybridized carbons (Fsp3) is 0.833. The Morgan fingerprint density at radius 2 is 0.533 bits per heavy atom. The van der Waals surface area contributed by atoms with Gasteiger partial charge in [0.2, 0.25) is 0 Å². The first-order chi connectivity index (χ1) is 6.41. The van der Waals surface area contributed by atoms with Gasteiger partial charge in [-0.3, -0.25) is 0 Å². The van der Waals surface area contributed by atoms with Crippen LogP contribution in [0.4, 0.5) is 0 Å². The Balaban J connectivity index is -0.000000140. The minimum atomic E-state index is -0.368. The van der Waals surface area contributed by atoms with Gasteiger partial charge in [-0.15, -0.1) is 0 Å². The first-order valence-electron chi connectivity index (χ1n) is 5.34. The van der Waals surface area contributed by atoms with Crippen LogP contribution >= 0.6 is 19.7 Å². The summed E-state index contributed by atoms with van der Waals surface area (Å²) in [5.41, 5.74) is 0. The van der Waals surface area contributed by atoms with Crippen molar-refractivity contribution in [1.82, 2.24) is 0 Å². The molecule has 15 heavy (non-hydrogen) atoms. The van der Waals surface area contributed by atoms with Crippen molar-refractivity contribution < 1.29 is 14.4 Å². The van der Waals surface area contributed by atoms with E-state index in [9.17, 15) is 0 Å². The van der Waals surface area contributed by atoms with Gasteiger partial charge >= 0.3 is 34.1 Å². The van der Waals surface area contributed by atoms with Gasteiger partial charge in [0.15, 0.2) is 0 Å². The molecule has 0 nitrogen and oxygen atoms in total. The van der Waals surface area contributed by atoms with E-state index in [1.54, 1.807) is 0 Å². The molecular weight excluding hydrogens is 266 g/mol. The molecule has 0 aromatic carbocycles. The van der Waals surface area contributed by atoms with Crippen molar-refractivity contribution in [2.24, 2.45) is 0 Å². The molecule has 0 bridgehead atoms. The van der Waals surface area contributed by atoms with Crippen molar-refractivity contribution in [3.05, 3.63) is 14.9 Å². The average Bonchev–Trinajstić information content (AvgIpc) is 2.85. The van der Waals surface area contributed by atoms with Gasteiger partial charge in [0.1, 0.15) is 0 Å². The summed E-state index contributed by atoms with van der Waals surface area (Å²) >= 11 is -0.368. The number of halogens is 2. The monoisotopic (exact) mass is 291 g/mol. The van der Waals surface area contributed by atoms with Gasteiger partial charge in [-0.1, -0.05) is 64.2 Å². The standard InChI is InChI=1S/2C5H10.2CH3.2ClH.V/c2*1-2-4-5-3-1;;;;;/h2*1-5H2;2*1H3;2*1H;/q;;2*-1;;;+2/p-2. The zero-order valence-electron chi connectivity index (χ0n) is 10.3. The molecule has 0 amide bonds. The second-order valence-electron chi connectivity index (χ2n) is 3.60. The molecule has 2 rings (SSSR count). The van der Waals surface area contributed by atoms with Crippen LogP contribution < -0.4 is 0 Å². The molecule has 0 aromatic heterocycles. The van der Waals surface area contributed by atoms with Crippen LogP contribution in [0.5, 0.6) is 0 Å². The fourth-order valence-corrected chi connectivity index (χ4v) is 1.77. The molecular formula is C12H26Cl2V-2. The molecule has 0 unspecified atom stereocenters. The second-order valence-corrected chi connectivity index (χ2v) is 5.91. The topological polar surface area (TPSA) is 0 Å². The van der Waals surface area contributed by atoms with Crippen molar-refractivity contribution in [1.29, 1.82) is 0 Å². The Bertz CT molecular complexity index is 56.5. The van der Waals surface area contributed by atoms with Gasteiger partial charge in [0.25, 0.3) is 0 Å². The molecule has 2 aliphatic carbocycles. The summed E-state index contributed by atoms with van der Waals surface area (Å²) in [6.45, 7) is 0. The van der Waals surface area contributed by atoms with Crippen molar-refractivity contribution in [2.75, 3.05) is 0 Å². The number of hydrogen-bond acceptors (Lipinski definition) is 0. The first kappa shape index (κ1) is 21.4. The van der Waals surface area contributed by atoms with E-state index in [4.69, 9.17) is 19.7 Å². The third-order valence-corrected chi connectivity index (χ3v) is 2.50. The van der Waals surface area contributed by atoms with E-state index in [2.05, 4.69) is 0 Å². The average molecular weight is 292 g/mol. The SMILES string of the molecule is C1CCCC1.C1CCCC1.[CH3-].[CH3-].[Cl][V][Cl]. The summed E-state index contributed by atoms with van der Waals surface area (Å²) in [6.07, 6.45) is 15.0. The quantitative estimate of drug-likeness (QED) is 0.468. The van der Waals surface area contributed by atoms with Gasteiger partial charge in [-0.05, 0) is 0 Å². The van der Waals surface area contributed by atoms with Crippen LogP contribution in [0.2, 0.25) is 0 Å².